The Hall–Kier alpha value is -6.45. The third-order valence-electron chi connectivity index (χ3n) is 4.80. The van der Waals surface area contributed by atoms with E-state index in [4.69, 9.17) is 0 Å². The number of nitrogens with zero attached hydrogens (tertiary/aromatic N) is 7. The molecule has 0 radical (unpaired) electrons. The molecule has 1 aromatic carbocycles. The number of furan rings is 1. The van der Waals surface area contributed by atoms with Crippen LogP contribution in [0.2, 0.25) is 0 Å². The molecule has 8 nitrogen and oxygen atoms in total. The zero-order valence-corrected chi connectivity index (χ0v) is 28.7. The predicted molar refractivity (Wildman–Crippen MR) is 207 cm³/mol. The molecule has 1 aliphatic heterocycles. The fraction of sp³-hybridized carbons (Fsp3) is 0.0488. The number of hydrogen-bond acceptors (Lipinski definition) is 9. The average Bonchev–Trinajstić information content (AvgIpc) is 4.09. The molecule has 0 fully saturated rings. The highest BCUT2D eigenvalue weighted by atomic mass is 32.1. The molecule has 0 N–H and O–H groups in total. The van der Waals surface area contributed by atoms with E-state index in [0.717, 1.165) is 13.0 Å². The van der Waals surface area contributed by atoms with E-state index in [-0.39, 0.29) is 0 Å². The SMILES string of the molecule is C1=CCC=C1.C1=CCN=C1.c1ccccc1.c1ccncc1.c1ccncc1.c1ccoc1.c1ccsc1.c1cnccn1.c1cncnc1. The molecule has 2 aliphatic rings. The fourth-order valence-corrected chi connectivity index (χ4v) is 3.12. The molecule has 0 unspecified atom stereocenters. The third kappa shape index (κ3) is 36.0. The molecule has 0 amide bonds. The molecule has 0 spiro atoms. The number of benzene rings is 1. The Morgan fingerprint density at radius 2 is 0.820 bits per heavy atom. The highest BCUT2D eigenvalue weighted by Gasteiger charge is 1.73. The molecule has 7 aromatic rings. The van der Waals surface area contributed by atoms with Gasteiger partial charge in [0.15, 0.2) is 0 Å². The van der Waals surface area contributed by atoms with Crippen LogP contribution in [0.15, 0.2) is 241 Å². The van der Waals surface area contributed by atoms with Gasteiger partial charge < -0.3 is 4.42 Å². The molecule has 254 valence electrons. The zero-order valence-electron chi connectivity index (χ0n) is 27.9. The number of aliphatic imine (C=N–C) groups is 1. The highest BCUT2D eigenvalue weighted by Crippen LogP contribution is 1.93. The number of pyridine rings is 2. The Bertz CT molecular complexity index is 1200. The van der Waals surface area contributed by atoms with Crippen molar-refractivity contribution in [3.05, 3.63) is 231 Å². The van der Waals surface area contributed by atoms with E-state index in [0.29, 0.717) is 0 Å². The van der Waals surface area contributed by atoms with Crippen molar-refractivity contribution in [3.63, 3.8) is 0 Å². The summed E-state index contributed by atoms with van der Waals surface area (Å²) < 4.78 is 4.58. The van der Waals surface area contributed by atoms with E-state index in [2.05, 4.69) is 63.6 Å². The van der Waals surface area contributed by atoms with Crippen LogP contribution >= 0.6 is 11.3 Å². The molecule has 0 saturated heterocycles. The summed E-state index contributed by atoms with van der Waals surface area (Å²) in [7, 11) is 0. The first-order valence-corrected chi connectivity index (χ1v) is 16.4. The molecule has 50 heavy (non-hydrogen) atoms. The first-order valence-electron chi connectivity index (χ1n) is 15.5. The summed E-state index contributed by atoms with van der Waals surface area (Å²) in [6.45, 7) is 0.889. The van der Waals surface area contributed by atoms with Gasteiger partial charge in [-0.15, -0.1) is 0 Å². The van der Waals surface area contributed by atoms with Crippen LogP contribution in [-0.4, -0.2) is 42.7 Å². The maximum Gasteiger partial charge on any atom is 0.115 e. The van der Waals surface area contributed by atoms with Crippen LogP contribution < -0.4 is 0 Å². The lowest BCUT2D eigenvalue weighted by Gasteiger charge is -1.70. The first-order chi connectivity index (χ1) is 25.0. The minimum atomic E-state index is 0.889. The molecule has 1 aliphatic carbocycles. The summed E-state index contributed by atoms with van der Waals surface area (Å²) in [6, 6.07) is 32.9. The van der Waals surface area contributed by atoms with Crippen LogP contribution in [0.25, 0.3) is 0 Å². The molecule has 9 heteroatoms. The Labute approximate surface area is 300 Å². The van der Waals surface area contributed by atoms with Crippen molar-refractivity contribution in [1.82, 2.24) is 29.9 Å². The van der Waals surface area contributed by atoms with Crippen molar-refractivity contribution in [1.29, 1.82) is 0 Å². The number of rotatable bonds is 0. The van der Waals surface area contributed by atoms with E-state index in [1.165, 1.54) is 6.33 Å². The lowest BCUT2D eigenvalue weighted by atomic mass is 10.4. The number of hydrogen-bond donors (Lipinski definition) is 0. The largest absolute Gasteiger partial charge is 0.473 e. The normalized spacial score (nSPS) is 9.92. The van der Waals surface area contributed by atoms with Crippen molar-refractivity contribution in [2.75, 3.05) is 6.54 Å². The van der Waals surface area contributed by atoms with Crippen LogP contribution in [0, 0.1) is 0 Å². The molecular formula is C41H43N7OS. The van der Waals surface area contributed by atoms with Gasteiger partial charge >= 0.3 is 0 Å². The van der Waals surface area contributed by atoms with Crippen molar-refractivity contribution in [2.24, 2.45) is 4.99 Å². The summed E-state index contributed by atoms with van der Waals surface area (Å²) in [6.07, 6.45) is 36.9. The standard InChI is InChI=1S/C6H6.2C5H5N.C5H6.2C4H4N2.C4H5N.C4H4O.C4H4S/c3*1-2-4-6-5-3-1;1-2-4-5-3-1;1-2-6-4-3-5-1;1-2-5-4-6-3-1;3*1-2-4-5-3-1/h1-6H;2*1-5H;1-4H,5H2;2*1-4H;1-3H,4H2;2*1-4H. The minimum absolute atomic E-state index is 0.889. The number of allylic oxidation sites excluding steroid dienone is 5. The van der Waals surface area contributed by atoms with E-state index >= 15 is 0 Å². The minimum Gasteiger partial charge on any atom is -0.473 e. The zero-order chi connectivity index (χ0) is 35.4. The van der Waals surface area contributed by atoms with Crippen LogP contribution in [-0.2, 0) is 0 Å². The summed E-state index contributed by atoms with van der Waals surface area (Å²) >= 11 is 1.71. The molecule has 0 atom stereocenters. The highest BCUT2D eigenvalue weighted by molar-refractivity contribution is 7.07. The van der Waals surface area contributed by atoms with Gasteiger partial charge in [-0.1, -0.05) is 91.0 Å². The van der Waals surface area contributed by atoms with Gasteiger partial charge in [0.05, 0.1) is 19.1 Å². The fourth-order valence-electron chi connectivity index (χ4n) is 2.67. The quantitative estimate of drug-likeness (QED) is 0.157. The Balaban J connectivity index is 0.000000282. The van der Waals surface area contributed by atoms with Crippen LogP contribution in [0.3, 0.4) is 0 Å². The van der Waals surface area contributed by atoms with Gasteiger partial charge in [-0.05, 0) is 65.7 Å². The maximum absolute atomic E-state index is 4.58. The Morgan fingerprint density at radius 1 is 0.380 bits per heavy atom. The van der Waals surface area contributed by atoms with Gasteiger partial charge in [0, 0.05) is 68.2 Å². The molecule has 6 aromatic heterocycles. The molecule has 7 heterocycles. The number of thiophene rings is 1. The van der Waals surface area contributed by atoms with E-state index in [1.807, 2.05) is 120 Å². The van der Waals surface area contributed by atoms with Crippen molar-refractivity contribution in [2.45, 2.75) is 6.42 Å². The van der Waals surface area contributed by atoms with Crippen LogP contribution in [0.1, 0.15) is 6.42 Å². The van der Waals surface area contributed by atoms with Gasteiger partial charge in [-0.2, -0.15) is 11.3 Å². The average molecular weight is 682 g/mol. The van der Waals surface area contributed by atoms with Crippen LogP contribution in [0.5, 0.6) is 0 Å². The Morgan fingerprint density at radius 3 is 0.980 bits per heavy atom. The first kappa shape index (κ1) is 41.6. The summed E-state index contributed by atoms with van der Waals surface area (Å²) in [5.41, 5.74) is 0. The second kappa shape index (κ2) is 38.7. The predicted octanol–water partition coefficient (Wildman–Crippen LogP) is 9.96. The maximum atomic E-state index is 4.58. The van der Waals surface area contributed by atoms with E-state index < -0.39 is 0 Å². The third-order valence-corrected chi connectivity index (χ3v) is 5.43. The van der Waals surface area contributed by atoms with Gasteiger partial charge in [-0.25, -0.2) is 9.97 Å². The molecule has 0 saturated carbocycles. The van der Waals surface area contributed by atoms with Crippen molar-refractivity contribution < 1.29 is 4.42 Å². The lowest BCUT2D eigenvalue weighted by Crippen LogP contribution is -1.66. The Kier molecular flexibility index (Phi) is 32.2. The van der Waals surface area contributed by atoms with E-state index in [9.17, 15) is 0 Å². The molecule has 0 bridgehead atoms. The summed E-state index contributed by atoms with van der Waals surface area (Å²) in [4.78, 5) is 26.2. The van der Waals surface area contributed by atoms with Crippen molar-refractivity contribution >= 4 is 17.6 Å². The van der Waals surface area contributed by atoms with Gasteiger partial charge in [-0.3, -0.25) is 24.9 Å². The smallest absolute Gasteiger partial charge is 0.115 e. The lowest BCUT2D eigenvalue weighted by molar-refractivity contribution is 0.567. The molecular weight excluding hydrogens is 639 g/mol. The van der Waals surface area contributed by atoms with E-state index in [1.54, 1.807) is 98.1 Å². The van der Waals surface area contributed by atoms with Gasteiger partial charge in [0.2, 0.25) is 0 Å². The number of aromatic nitrogens is 6. The van der Waals surface area contributed by atoms with Crippen molar-refractivity contribution in [3.8, 4) is 0 Å². The van der Waals surface area contributed by atoms with Gasteiger partial charge in [0.1, 0.15) is 6.33 Å². The van der Waals surface area contributed by atoms with Crippen LogP contribution in [0.4, 0.5) is 0 Å². The second-order valence-electron chi connectivity index (χ2n) is 8.62. The molecule has 9 rings (SSSR count). The monoisotopic (exact) mass is 681 g/mol. The van der Waals surface area contributed by atoms with Gasteiger partial charge in [0.25, 0.3) is 0 Å². The topological polar surface area (TPSA) is 103 Å². The summed E-state index contributed by atoms with van der Waals surface area (Å²) in [5.74, 6) is 0. The summed E-state index contributed by atoms with van der Waals surface area (Å²) in [5, 5.41) is 4.08. The second-order valence-corrected chi connectivity index (χ2v) is 9.44.